The molecule has 23 heavy (non-hydrogen) atoms. The van der Waals surface area contributed by atoms with E-state index in [1.165, 1.54) is 16.2 Å². The first-order valence-corrected chi connectivity index (χ1v) is 8.44. The number of nitriles is 1. The van der Waals surface area contributed by atoms with Crippen molar-refractivity contribution in [3.8, 4) is 11.8 Å². The Labute approximate surface area is 139 Å². The molecule has 1 aromatic carbocycles. The van der Waals surface area contributed by atoms with Gasteiger partial charge in [0.05, 0.1) is 12.7 Å². The maximum absolute atomic E-state index is 12.5. The van der Waals surface area contributed by atoms with Crippen molar-refractivity contribution in [2.75, 3.05) is 12.4 Å². The second kappa shape index (κ2) is 6.43. The SMILES string of the molecule is COc1cccc(C(=O)Nc2sc3c(c2C#N)CCC(C)C3)c1. The van der Waals surface area contributed by atoms with Gasteiger partial charge in [-0.25, -0.2) is 0 Å². The topological polar surface area (TPSA) is 62.1 Å². The molecule has 3 rings (SSSR count). The third kappa shape index (κ3) is 3.08. The van der Waals surface area contributed by atoms with Crippen molar-refractivity contribution in [1.82, 2.24) is 0 Å². The molecule has 1 aromatic heterocycles. The van der Waals surface area contributed by atoms with Gasteiger partial charge in [0.15, 0.2) is 0 Å². The molecule has 0 radical (unpaired) electrons. The number of benzene rings is 1. The zero-order valence-corrected chi connectivity index (χ0v) is 14.0. The molecule has 0 bridgehead atoms. The van der Waals surface area contributed by atoms with Gasteiger partial charge in [0.25, 0.3) is 5.91 Å². The fourth-order valence-electron chi connectivity index (χ4n) is 2.90. The van der Waals surface area contributed by atoms with Gasteiger partial charge in [-0.2, -0.15) is 5.26 Å². The lowest BCUT2D eigenvalue weighted by Crippen LogP contribution is -2.12. The quantitative estimate of drug-likeness (QED) is 0.927. The van der Waals surface area contributed by atoms with E-state index in [0.29, 0.717) is 27.8 Å². The zero-order valence-electron chi connectivity index (χ0n) is 13.2. The lowest BCUT2D eigenvalue weighted by molar-refractivity contribution is 0.102. The van der Waals surface area contributed by atoms with E-state index in [-0.39, 0.29) is 5.91 Å². The zero-order chi connectivity index (χ0) is 16.4. The van der Waals surface area contributed by atoms with Crippen LogP contribution in [0.3, 0.4) is 0 Å². The highest BCUT2D eigenvalue weighted by Gasteiger charge is 2.24. The Balaban J connectivity index is 1.88. The van der Waals surface area contributed by atoms with E-state index < -0.39 is 0 Å². The number of carbonyl (C=O) groups excluding carboxylic acids is 1. The lowest BCUT2D eigenvalue weighted by Gasteiger charge is -2.17. The highest BCUT2D eigenvalue weighted by molar-refractivity contribution is 7.16. The molecule has 4 nitrogen and oxygen atoms in total. The standard InChI is InChI=1S/C18H18N2O2S/c1-11-6-7-14-15(10-19)18(23-16(14)8-11)20-17(21)12-4-3-5-13(9-12)22-2/h3-5,9,11H,6-8H2,1-2H3,(H,20,21). The average molecular weight is 326 g/mol. The molecule has 1 unspecified atom stereocenters. The van der Waals surface area contributed by atoms with Crippen molar-refractivity contribution in [2.24, 2.45) is 5.92 Å². The highest BCUT2D eigenvalue weighted by Crippen LogP contribution is 2.39. The minimum absolute atomic E-state index is 0.216. The number of thiophene rings is 1. The molecule has 1 aliphatic rings. The Hall–Kier alpha value is -2.32. The maximum atomic E-state index is 12.5. The van der Waals surface area contributed by atoms with Crippen LogP contribution in [-0.4, -0.2) is 13.0 Å². The molecule has 1 atom stereocenters. The fraction of sp³-hybridized carbons (Fsp3) is 0.333. The fourth-order valence-corrected chi connectivity index (χ4v) is 4.25. The maximum Gasteiger partial charge on any atom is 0.256 e. The predicted molar refractivity (Wildman–Crippen MR) is 91.2 cm³/mol. The number of ether oxygens (including phenoxy) is 1. The first-order valence-electron chi connectivity index (χ1n) is 7.62. The summed E-state index contributed by atoms with van der Waals surface area (Å²) in [7, 11) is 1.57. The normalized spacial score (nSPS) is 16.3. The molecule has 0 fully saturated rings. The van der Waals surface area contributed by atoms with Gasteiger partial charge in [0, 0.05) is 10.4 Å². The van der Waals surface area contributed by atoms with Crippen LogP contribution in [0.5, 0.6) is 5.75 Å². The van der Waals surface area contributed by atoms with E-state index in [0.717, 1.165) is 24.8 Å². The second-order valence-electron chi connectivity index (χ2n) is 5.85. The lowest BCUT2D eigenvalue weighted by atomic mass is 9.88. The van der Waals surface area contributed by atoms with Crippen molar-refractivity contribution in [3.05, 3.63) is 45.8 Å². The van der Waals surface area contributed by atoms with Crippen molar-refractivity contribution in [1.29, 1.82) is 5.26 Å². The molecule has 0 aliphatic heterocycles. The van der Waals surface area contributed by atoms with Crippen LogP contribution in [0, 0.1) is 17.2 Å². The number of hydrogen-bond acceptors (Lipinski definition) is 4. The number of hydrogen-bond donors (Lipinski definition) is 1. The molecule has 0 saturated heterocycles. The van der Waals surface area contributed by atoms with Crippen LogP contribution in [0.4, 0.5) is 5.00 Å². The van der Waals surface area contributed by atoms with Crippen LogP contribution in [0.1, 0.15) is 39.7 Å². The van der Waals surface area contributed by atoms with Gasteiger partial charge in [-0.05, 0) is 48.9 Å². The van der Waals surface area contributed by atoms with Crippen molar-refractivity contribution < 1.29 is 9.53 Å². The summed E-state index contributed by atoms with van der Waals surface area (Å²) < 4.78 is 5.15. The molecular formula is C18H18N2O2S. The molecule has 2 aromatic rings. The van der Waals surface area contributed by atoms with E-state index in [2.05, 4.69) is 18.3 Å². The Morgan fingerprint density at radius 1 is 1.48 bits per heavy atom. The summed E-state index contributed by atoms with van der Waals surface area (Å²) in [5.74, 6) is 1.05. The second-order valence-corrected chi connectivity index (χ2v) is 6.96. The summed E-state index contributed by atoms with van der Waals surface area (Å²) >= 11 is 1.54. The van der Waals surface area contributed by atoms with Crippen LogP contribution in [0.2, 0.25) is 0 Å². The van der Waals surface area contributed by atoms with E-state index >= 15 is 0 Å². The molecule has 1 aliphatic carbocycles. The van der Waals surface area contributed by atoms with Crippen LogP contribution < -0.4 is 10.1 Å². The van der Waals surface area contributed by atoms with Crippen molar-refractivity contribution >= 4 is 22.2 Å². The largest absolute Gasteiger partial charge is 0.497 e. The molecule has 1 amide bonds. The molecule has 0 spiro atoms. The number of nitrogens with one attached hydrogen (secondary N) is 1. The monoisotopic (exact) mass is 326 g/mol. The van der Waals surface area contributed by atoms with Crippen LogP contribution in [0.15, 0.2) is 24.3 Å². The highest BCUT2D eigenvalue weighted by atomic mass is 32.1. The number of rotatable bonds is 3. The summed E-state index contributed by atoms with van der Waals surface area (Å²) in [6.45, 7) is 2.23. The van der Waals surface area contributed by atoms with Gasteiger partial charge in [0.2, 0.25) is 0 Å². The summed E-state index contributed by atoms with van der Waals surface area (Å²) in [6.07, 6.45) is 3.01. The van der Waals surface area contributed by atoms with Crippen LogP contribution >= 0.6 is 11.3 Å². The van der Waals surface area contributed by atoms with Gasteiger partial charge < -0.3 is 10.1 Å². The first-order chi connectivity index (χ1) is 11.1. The summed E-state index contributed by atoms with van der Waals surface area (Å²) in [6, 6.07) is 9.27. The molecule has 1 heterocycles. The Kier molecular flexibility index (Phi) is 4.35. The molecule has 118 valence electrons. The Morgan fingerprint density at radius 3 is 3.04 bits per heavy atom. The molecule has 5 heteroatoms. The summed E-state index contributed by atoms with van der Waals surface area (Å²) in [5.41, 5.74) is 2.28. The summed E-state index contributed by atoms with van der Waals surface area (Å²) in [5, 5.41) is 13.0. The van der Waals surface area contributed by atoms with E-state index in [1.54, 1.807) is 31.4 Å². The van der Waals surface area contributed by atoms with Gasteiger partial charge in [-0.15, -0.1) is 11.3 Å². The first kappa shape index (κ1) is 15.6. The van der Waals surface area contributed by atoms with Gasteiger partial charge >= 0.3 is 0 Å². The molecule has 0 saturated carbocycles. The van der Waals surface area contributed by atoms with Gasteiger partial charge in [0.1, 0.15) is 16.8 Å². The minimum Gasteiger partial charge on any atom is -0.497 e. The number of fused-ring (bicyclic) bond motifs is 1. The predicted octanol–water partition coefficient (Wildman–Crippen LogP) is 4.01. The number of methoxy groups -OCH3 is 1. The Bertz CT molecular complexity index is 789. The van der Waals surface area contributed by atoms with E-state index in [4.69, 9.17) is 4.74 Å². The number of anilines is 1. The minimum atomic E-state index is -0.216. The van der Waals surface area contributed by atoms with E-state index in [9.17, 15) is 10.1 Å². The molecule has 1 N–H and O–H groups in total. The van der Waals surface area contributed by atoms with Crippen LogP contribution in [-0.2, 0) is 12.8 Å². The van der Waals surface area contributed by atoms with Crippen molar-refractivity contribution in [2.45, 2.75) is 26.2 Å². The summed E-state index contributed by atoms with van der Waals surface area (Å²) in [4.78, 5) is 13.7. The third-order valence-electron chi connectivity index (χ3n) is 4.18. The Morgan fingerprint density at radius 2 is 2.30 bits per heavy atom. The number of nitrogens with zero attached hydrogens (tertiary/aromatic N) is 1. The number of amides is 1. The van der Waals surface area contributed by atoms with Gasteiger partial charge in [-0.1, -0.05) is 13.0 Å². The smallest absolute Gasteiger partial charge is 0.256 e. The van der Waals surface area contributed by atoms with Crippen LogP contribution in [0.25, 0.3) is 0 Å². The average Bonchev–Trinajstić information content (AvgIpc) is 2.90. The number of carbonyl (C=O) groups is 1. The third-order valence-corrected chi connectivity index (χ3v) is 5.35. The van der Waals surface area contributed by atoms with Crippen molar-refractivity contribution in [3.63, 3.8) is 0 Å². The van der Waals surface area contributed by atoms with E-state index in [1.807, 2.05) is 0 Å². The van der Waals surface area contributed by atoms with Gasteiger partial charge in [-0.3, -0.25) is 4.79 Å². The molecular weight excluding hydrogens is 308 g/mol.